The zero-order valence-corrected chi connectivity index (χ0v) is 21.8. The Kier molecular flexibility index (Phi) is 7.73. The molecule has 2 aromatic carbocycles. The summed E-state index contributed by atoms with van der Waals surface area (Å²) in [6.07, 6.45) is 0.345. The molecule has 0 saturated carbocycles. The molecule has 2 aliphatic heterocycles. The van der Waals surface area contributed by atoms with Gasteiger partial charge in [-0.25, -0.2) is 8.78 Å². The van der Waals surface area contributed by atoms with Crippen molar-refractivity contribution in [1.82, 2.24) is 14.8 Å². The minimum atomic E-state index is -3.26. The molecule has 0 amide bonds. The van der Waals surface area contributed by atoms with Gasteiger partial charge in [-0.3, -0.25) is 9.29 Å². The first-order valence-corrected chi connectivity index (χ1v) is 13.2. The third-order valence-electron chi connectivity index (χ3n) is 8.09. The van der Waals surface area contributed by atoms with Crippen LogP contribution in [0.4, 0.5) is 13.2 Å². The van der Waals surface area contributed by atoms with Gasteiger partial charge in [0.1, 0.15) is 12.4 Å². The number of fused-ring (bicyclic) bond motifs is 3. The molecule has 5 rings (SSSR count). The Bertz CT molecular complexity index is 1260. The fourth-order valence-electron chi connectivity index (χ4n) is 6.10. The lowest BCUT2D eigenvalue weighted by molar-refractivity contribution is -0.0864. The van der Waals surface area contributed by atoms with E-state index in [2.05, 4.69) is 9.88 Å². The van der Waals surface area contributed by atoms with Crippen LogP contribution in [-0.2, 0) is 6.42 Å². The number of aliphatic hydroxyl groups excluding tert-OH is 2. The molecule has 9 heteroatoms. The molecule has 1 aromatic heterocycles. The van der Waals surface area contributed by atoms with Crippen LogP contribution >= 0.6 is 0 Å². The number of ether oxygens (including phenoxy) is 1. The van der Waals surface area contributed by atoms with Gasteiger partial charge >= 0.3 is 0 Å². The number of hydrogen-bond acceptors (Lipinski definition) is 5. The van der Waals surface area contributed by atoms with Gasteiger partial charge in [-0.2, -0.15) is 0 Å². The largest absolute Gasteiger partial charge is 0.496 e. The molecule has 0 aliphatic carbocycles. The molecular formula is C29H36F3N3O3. The highest BCUT2D eigenvalue weighted by Crippen LogP contribution is 2.44. The normalized spacial score (nSPS) is 21.9. The Morgan fingerprint density at radius 1 is 1.18 bits per heavy atom. The maximum absolute atomic E-state index is 14.6. The minimum Gasteiger partial charge on any atom is -0.496 e. The van der Waals surface area contributed by atoms with Gasteiger partial charge in [-0.15, -0.1) is 0 Å². The number of H-pyrrole nitrogens is 1. The molecule has 0 unspecified atom stereocenters. The molecule has 0 spiro atoms. The van der Waals surface area contributed by atoms with E-state index in [9.17, 15) is 23.4 Å². The van der Waals surface area contributed by atoms with E-state index >= 15 is 0 Å². The van der Waals surface area contributed by atoms with Crippen LogP contribution in [0.25, 0.3) is 10.9 Å². The van der Waals surface area contributed by atoms with Crippen molar-refractivity contribution in [3.63, 3.8) is 0 Å². The summed E-state index contributed by atoms with van der Waals surface area (Å²) in [4.78, 5) is 7.34. The van der Waals surface area contributed by atoms with E-state index < -0.39 is 31.2 Å². The summed E-state index contributed by atoms with van der Waals surface area (Å²) in [5.41, 5.74) is 4.33. The molecule has 3 aromatic rings. The number of rotatable bonds is 10. The lowest BCUT2D eigenvalue weighted by atomic mass is 9.85. The first kappa shape index (κ1) is 27.0. The van der Waals surface area contributed by atoms with Crippen LogP contribution < -0.4 is 4.74 Å². The first-order valence-electron chi connectivity index (χ1n) is 13.2. The summed E-state index contributed by atoms with van der Waals surface area (Å²) in [5.74, 6) is -2.74. The van der Waals surface area contributed by atoms with Gasteiger partial charge in [0.15, 0.2) is 0 Å². The monoisotopic (exact) mass is 531 g/mol. The van der Waals surface area contributed by atoms with Crippen molar-refractivity contribution in [2.45, 2.75) is 43.9 Å². The van der Waals surface area contributed by atoms with Crippen LogP contribution in [0, 0.1) is 5.92 Å². The van der Waals surface area contributed by atoms with Crippen LogP contribution in [0.1, 0.15) is 47.9 Å². The molecule has 3 N–H and O–H groups in total. The van der Waals surface area contributed by atoms with Crippen molar-refractivity contribution in [2.75, 3.05) is 46.6 Å². The number of nitrogens with one attached hydrogen (secondary N) is 1. The van der Waals surface area contributed by atoms with Gasteiger partial charge in [-0.1, -0.05) is 30.3 Å². The maximum atomic E-state index is 14.6. The standard InChI is InChI=1S/C29H36F3N3O3/c1-18-12-23-21-6-3-4-7-24(21)33-26(23)27(35(18)16-29(31,32)17-36)19-8-9-22(25(13-19)38-2)28(37)20-14-34(15-20)11-5-10-30/h3-4,6-9,13,18,20,27-28,33,36-37H,5,10-12,14-17H2,1-2H3/t18-,27-,28-/m1/s1. The van der Waals surface area contributed by atoms with E-state index in [-0.39, 0.29) is 18.6 Å². The fraction of sp³-hybridized carbons (Fsp3) is 0.517. The zero-order valence-electron chi connectivity index (χ0n) is 21.8. The number of likely N-dealkylation sites (tertiary alicyclic amines) is 1. The average molecular weight is 532 g/mol. The number of benzene rings is 2. The summed E-state index contributed by atoms with van der Waals surface area (Å²) in [7, 11) is 1.54. The Morgan fingerprint density at radius 3 is 2.66 bits per heavy atom. The number of nitrogens with zero attached hydrogens (tertiary/aromatic N) is 2. The highest BCUT2D eigenvalue weighted by atomic mass is 19.3. The van der Waals surface area contributed by atoms with E-state index in [0.29, 0.717) is 43.8 Å². The summed E-state index contributed by atoms with van der Waals surface area (Å²) < 4.78 is 47.3. The van der Waals surface area contributed by atoms with Crippen LogP contribution in [0.5, 0.6) is 5.75 Å². The second kappa shape index (κ2) is 10.9. The van der Waals surface area contributed by atoms with Crippen molar-refractivity contribution in [2.24, 2.45) is 5.92 Å². The maximum Gasteiger partial charge on any atom is 0.283 e. The van der Waals surface area contributed by atoms with Gasteiger partial charge in [-0.05, 0) is 43.0 Å². The number of para-hydroxylation sites is 1. The third kappa shape index (κ3) is 5.04. The second-order valence-electron chi connectivity index (χ2n) is 10.7. The lowest BCUT2D eigenvalue weighted by Crippen LogP contribution is -2.49. The quantitative estimate of drug-likeness (QED) is 0.360. The number of aliphatic hydroxyl groups is 2. The van der Waals surface area contributed by atoms with Crippen LogP contribution in [0.3, 0.4) is 0 Å². The highest BCUT2D eigenvalue weighted by molar-refractivity contribution is 5.85. The van der Waals surface area contributed by atoms with Crippen molar-refractivity contribution < 1.29 is 28.1 Å². The van der Waals surface area contributed by atoms with Crippen molar-refractivity contribution in [1.29, 1.82) is 0 Å². The molecule has 3 atom stereocenters. The molecule has 0 bridgehead atoms. The minimum absolute atomic E-state index is 0.0177. The number of aromatic amines is 1. The molecule has 6 nitrogen and oxygen atoms in total. The highest BCUT2D eigenvalue weighted by Gasteiger charge is 2.42. The van der Waals surface area contributed by atoms with E-state index in [1.165, 1.54) is 0 Å². The van der Waals surface area contributed by atoms with E-state index in [1.54, 1.807) is 12.0 Å². The lowest BCUT2D eigenvalue weighted by Gasteiger charge is -2.43. The summed E-state index contributed by atoms with van der Waals surface area (Å²) in [5, 5.41) is 21.5. The number of halogens is 3. The van der Waals surface area contributed by atoms with Gasteiger partial charge in [0, 0.05) is 53.8 Å². The van der Waals surface area contributed by atoms with E-state index in [0.717, 1.165) is 27.7 Å². The average Bonchev–Trinajstić information content (AvgIpc) is 3.25. The van der Waals surface area contributed by atoms with Crippen molar-refractivity contribution >= 4 is 10.9 Å². The topological polar surface area (TPSA) is 72.0 Å². The van der Waals surface area contributed by atoms with E-state index in [4.69, 9.17) is 4.74 Å². The molecule has 206 valence electrons. The summed E-state index contributed by atoms with van der Waals surface area (Å²) in [6.45, 7) is 1.83. The number of hydrogen-bond donors (Lipinski definition) is 3. The number of methoxy groups -OCH3 is 1. The Morgan fingerprint density at radius 2 is 1.95 bits per heavy atom. The molecule has 3 heterocycles. The van der Waals surface area contributed by atoms with E-state index in [1.807, 2.05) is 49.4 Å². The number of aromatic nitrogens is 1. The molecule has 0 radical (unpaired) electrons. The second-order valence-corrected chi connectivity index (χ2v) is 10.7. The molecule has 2 aliphatic rings. The summed E-state index contributed by atoms with van der Waals surface area (Å²) in [6, 6.07) is 12.8. The third-order valence-corrected chi connectivity index (χ3v) is 8.09. The molecular weight excluding hydrogens is 495 g/mol. The first-order chi connectivity index (χ1) is 18.3. The summed E-state index contributed by atoms with van der Waals surface area (Å²) >= 11 is 0. The van der Waals surface area contributed by atoms with Gasteiger partial charge in [0.05, 0.1) is 32.5 Å². The predicted molar refractivity (Wildman–Crippen MR) is 141 cm³/mol. The smallest absolute Gasteiger partial charge is 0.283 e. The van der Waals surface area contributed by atoms with Crippen LogP contribution in [-0.4, -0.2) is 83.5 Å². The van der Waals surface area contributed by atoms with Crippen molar-refractivity contribution in [3.05, 3.63) is 64.8 Å². The Balaban J connectivity index is 1.51. The van der Waals surface area contributed by atoms with Crippen LogP contribution in [0.15, 0.2) is 42.5 Å². The fourth-order valence-corrected chi connectivity index (χ4v) is 6.10. The SMILES string of the molecule is COc1cc([C@@H]2c3[nH]c4ccccc4c3C[C@@H](C)N2CC(F)(F)CO)ccc1[C@H](O)C1CN(CCCF)C1. The Hall–Kier alpha value is -2.59. The molecule has 38 heavy (non-hydrogen) atoms. The predicted octanol–water partition coefficient (Wildman–Crippen LogP) is 4.46. The van der Waals surface area contributed by atoms with Crippen molar-refractivity contribution in [3.8, 4) is 5.75 Å². The van der Waals surface area contributed by atoms with Gasteiger partial charge in [0.2, 0.25) is 0 Å². The molecule has 1 saturated heterocycles. The molecule has 1 fully saturated rings. The Labute approximate surface area is 221 Å². The zero-order chi connectivity index (χ0) is 27.0. The number of alkyl halides is 3. The van der Waals surface area contributed by atoms with Crippen LogP contribution in [0.2, 0.25) is 0 Å². The van der Waals surface area contributed by atoms with Gasteiger partial charge < -0.3 is 24.8 Å². The van der Waals surface area contributed by atoms with Gasteiger partial charge in [0.25, 0.3) is 5.92 Å².